The Labute approximate surface area is 173 Å². The van der Waals surface area contributed by atoms with Gasteiger partial charge in [-0.25, -0.2) is 4.39 Å². The first kappa shape index (κ1) is 22.8. The number of carbonyl (C=O) groups is 1. The Morgan fingerprint density at radius 1 is 1.14 bits per heavy atom. The van der Waals surface area contributed by atoms with Crippen molar-refractivity contribution >= 4 is 5.78 Å². The number of ketones is 1. The van der Waals surface area contributed by atoms with E-state index in [1.807, 2.05) is 58.0 Å². The van der Waals surface area contributed by atoms with Gasteiger partial charge in [0.2, 0.25) is 0 Å². The number of carbonyl (C=O) groups excluding carboxylic acids is 1. The van der Waals surface area contributed by atoms with Gasteiger partial charge in [-0.1, -0.05) is 30.3 Å². The van der Waals surface area contributed by atoms with E-state index in [4.69, 9.17) is 9.47 Å². The quantitative estimate of drug-likeness (QED) is 0.336. The maximum atomic E-state index is 14.3. The Balaban J connectivity index is 1.97. The van der Waals surface area contributed by atoms with E-state index in [2.05, 4.69) is 0 Å². The number of Topliss-reactive ketones (excluding diaryl/α,β-unsaturated/α-hetero) is 1. The lowest BCUT2D eigenvalue weighted by molar-refractivity contribution is -0.116. The van der Waals surface area contributed by atoms with E-state index in [0.29, 0.717) is 30.9 Å². The van der Waals surface area contributed by atoms with Crippen molar-refractivity contribution in [3.8, 4) is 16.9 Å². The van der Waals surface area contributed by atoms with Crippen molar-refractivity contribution in [3.05, 3.63) is 65.5 Å². The van der Waals surface area contributed by atoms with Gasteiger partial charge >= 0.3 is 0 Å². The largest absolute Gasteiger partial charge is 0.491 e. The normalized spacial score (nSPS) is 11.7. The number of allylic oxidation sites excluding steroid dienone is 2. The molecule has 0 aliphatic carbocycles. The molecule has 0 N–H and O–H groups in total. The number of hydrogen-bond acceptors (Lipinski definition) is 3. The minimum Gasteiger partial charge on any atom is -0.491 e. The Morgan fingerprint density at radius 3 is 2.52 bits per heavy atom. The minimum absolute atomic E-state index is 0.0400. The molecule has 0 amide bonds. The average Bonchev–Trinajstić information content (AvgIpc) is 2.69. The van der Waals surface area contributed by atoms with Crippen LogP contribution in [0.5, 0.6) is 5.75 Å². The zero-order valence-electron chi connectivity index (χ0n) is 17.8. The fourth-order valence-corrected chi connectivity index (χ4v) is 3.00. The average molecular weight is 399 g/mol. The molecule has 2 rings (SSSR count). The van der Waals surface area contributed by atoms with Crippen LogP contribution in [0.2, 0.25) is 0 Å². The molecule has 0 fully saturated rings. The Kier molecular flexibility index (Phi) is 9.07. The Hall–Kier alpha value is -2.46. The molecule has 0 atom stereocenters. The van der Waals surface area contributed by atoms with Crippen LogP contribution in [0.25, 0.3) is 11.1 Å². The summed E-state index contributed by atoms with van der Waals surface area (Å²) in [5, 5.41) is 0. The van der Waals surface area contributed by atoms with Crippen LogP contribution in [0.1, 0.15) is 46.1 Å². The van der Waals surface area contributed by atoms with Gasteiger partial charge in [0.05, 0.1) is 12.7 Å². The number of halogens is 1. The van der Waals surface area contributed by atoms with Crippen molar-refractivity contribution in [1.29, 1.82) is 0 Å². The molecule has 156 valence electrons. The van der Waals surface area contributed by atoms with Crippen LogP contribution in [0.3, 0.4) is 0 Å². The second kappa shape index (κ2) is 11.5. The summed E-state index contributed by atoms with van der Waals surface area (Å²) in [6.07, 6.45) is 4.07. The standard InChI is InChI=1S/C25H31FO3/c1-5-28-16-15-25(27)19(4)7-6-8-20-9-11-21(12-10-20)23-17-22(29-18(2)3)13-14-24(23)26/h7,9-14,17-18H,5-6,8,15-16H2,1-4H3/b19-7+. The zero-order valence-corrected chi connectivity index (χ0v) is 17.8. The number of hydrogen-bond donors (Lipinski definition) is 0. The molecule has 4 heteroatoms. The SMILES string of the molecule is CCOCCC(=O)/C(C)=C/CCc1ccc(-c2cc(OC(C)C)ccc2F)cc1. The number of ether oxygens (including phenoxy) is 2. The lowest BCUT2D eigenvalue weighted by atomic mass is 10.0. The van der Waals surface area contributed by atoms with E-state index in [-0.39, 0.29) is 17.7 Å². The monoisotopic (exact) mass is 398 g/mol. The molecule has 0 aromatic heterocycles. The summed E-state index contributed by atoms with van der Waals surface area (Å²) in [6, 6.07) is 12.7. The predicted molar refractivity (Wildman–Crippen MR) is 116 cm³/mol. The molecule has 0 aliphatic rings. The third-order valence-corrected chi connectivity index (χ3v) is 4.58. The first-order chi connectivity index (χ1) is 13.9. The fourth-order valence-electron chi connectivity index (χ4n) is 3.00. The van der Waals surface area contributed by atoms with Gasteiger partial charge in [-0.3, -0.25) is 4.79 Å². The third kappa shape index (κ3) is 7.47. The van der Waals surface area contributed by atoms with Crippen LogP contribution in [0.15, 0.2) is 54.1 Å². The topological polar surface area (TPSA) is 35.5 Å². The van der Waals surface area contributed by atoms with Crippen molar-refractivity contribution in [1.82, 2.24) is 0 Å². The second-order valence-corrected chi connectivity index (χ2v) is 7.30. The molecule has 2 aromatic rings. The summed E-state index contributed by atoms with van der Waals surface area (Å²) in [5.74, 6) is 0.529. The lowest BCUT2D eigenvalue weighted by Gasteiger charge is -2.12. The summed E-state index contributed by atoms with van der Waals surface area (Å²) in [7, 11) is 0. The van der Waals surface area contributed by atoms with E-state index < -0.39 is 0 Å². The molecule has 0 aliphatic heterocycles. The van der Waals surface area contributed by atoms with Crippen LogP contribution in [0, 0.1) is 5.82 Å². The van der Waals surface area contributed by atoms with Crippen molar-refractivity contribution in [2.75, 3.05) is 13.2 Å². The van der Waals surface area contributed by atoms with Crippen molar-refractivity contribution in [2.24, 2.45) is 0 Å². The number of aryl methyl sites for hydroxylation is 1. The van der Waals surface area contributed by atoms with Gasteiger partial charge in [0.15, 0.2) is 5.78 Å². The summed E-state index contributed by atoms with van der Waals surface area (Å²) >= 11 is 0. The highest BCUT2D eigenvalue weighted by Gasteiger charge is 2.09. The fraction of sp³-hybridized carbons (Fsp3) is 0.400. The van der Waals surface area contributed by atoms with Gasteiger partial charge in [-0.2, -0.15) is 0 Å². The molecule has 0 spiro atoms. The van der Waals surface area contributed by atoms with Gasteiger partial charge in [-0.05, 0) is 75.4 Å². The Morgan fingerprint density at radius 2 is 1.86 bits per heavy atom. The van der Waals surface area contributed by atoms with Crippen molar-refractivity contribution < 1.29 is 18.7 Å². The van der Waals surface area contributed by atoms with Crippen LogP contribution >= 0.6 is 0 Å². The van der Waals surface area contributed by atoms with E-state index in [1.165, 1.54) is 6.07 Å². The molecule has 2 aromatic carbocycles. The first-order valence-corrected chi connectivity index (χ1v) is 10.2. The van der Waals surface area contributed by atoms with Gasteiger partial charge in [0.25, 0.3) is 0 Å². The molecule has 29 heavy (non-hydrogen) atoms. The van der Waals surface area contributed by atoms with E-state index in [9.17, 15) is 9.18 Å². The number of benzene rings is 2. The highest BCUT2D eigenvalue weighted by molar-refractivity contribution is 5.94. The highest BCUT2D eigenvalue weighted by atomic mass is 19.1. The van der Waals surface area contributed by atoms with E-state index >= 15 is 0 Å². The number of rotatable bonds is 11. The maximum absolute atomic E-state index is 14.3. The first-order valence-electron chi connectivity index (χ1n) is 10.2. The molecule has 3 nitrogen and oxygen atoms in total. The minimum atomic E-state index is -0.266. The zero-order chi connectivity index (χ0) is 21.2. The highest BCUT2D eigenvalue weighted by Crippen LogP contribution is 2.28. The van der Waals surface area contributed by atoms with Crippen LogP contribution in [-0.2, 0) is 16.0 Å². The van der Waals surface area contributed by atoms with Crippen LogP contribution in [0.4, 0.5) is 4.39 Å². The van der Waals surface area contributed by atoms with Gasteiger partial charge in [0, 0.05) is 18.6 Å². The smallest absolute Gasteiger partial charge is 0.160 e. The van der Waals surface area contributed by atoms with Gasteiger partial charge in [-0.15, -0.1) is 0 Å². The molecular weight excluding hydrogens is 367 g/mol. The molecule has 0 saturated heterocycles. The summed E-state index contributed by atoms with van der Waals surface area (Å²) in [6.45, 7) is 8.77. The van der Waals surface area contributed by atoms with E-state index in [0.717, 1.165) is 29.5 Å². The van der Waals surface area contributed by atoms with Crippen LogP contribution in [-0.4, -0.2) is 25.1 Å². The van der Waals surface area contributed by atoms with Crippen molar-refractivity contribution in [3.63, 3.8) is 0 Å². The van der Waals surface area contributed by atoms with Crippen LogP contribution < -0.4 is 4.74 Å². The molecular formula is C25H31FO3. The Bertz CT molecular complexity index is 822. The lowest BCUT2D eigenvalue weighted by Crippen LogP contribution is -2.05. The summed E-state index contributed by atoms with van der Waals surface area (Å²) in [5.41, 5.74) is 3.28. The third-order valence-electron chi connectivity index (χ3n) is 4.58. The predicted octanol–water partition coefficient (Wildman–Crippen LogP) is 6.15. The second-order valence-electron chi connectivity index (χ2n) is 7.30. The van der Waals surface area contributed by atoms with Gasteiger partial charge < -0.3 is 9.47 Å². The van der Waals surface area contributed by atoms with E-state index in [1.54, 1.807) is 12.1 Å². The van der Waals surface area contributed by atoms with Crippen molar-refractivity contribution in [2.45, 2.75) is 53.1 Å². The summed E-state index contributed by atoms with van der Waals surface area (Å²) < 4.78 is 25.2. The molecule has 0 bridgehead atoms. The molecule has 0 heterocycles. The maximum Gasteiger partial charge on any atom is 0.160 e. The van der Waals surface area contributed by atoms with Gasteiger partial charge in [0.1, 0.15) is 11.6 Å². The molecule has 0 saturated carbocycles. The molecule has 0 radical (unpaired) electrons. The summed E-state index contributed by atoms with van der Waals surface area (Å²) in [4.78, 5) is 12.0. The molecule has 0 unspecified atom stereocenters.